The van der Waals surface area contributed by atoms with Crippen molar-refractivity contribution in [3.8, 4) is 0 Å². The van der Waals surface area contributed by atoms with Crippen LogP contribution in [0.5, 0.6) is 0 Å². The summed E-state index contributed by atoms with van der Waals surface area (Å²) in [5.41, 5.74) is -2.51. The Bertz CT molecular complexity index is 1020. The first-order chi connectivity index (χ1) is 15.1. The molecular formula is C24H24BrF2O4P. The second kappa shape index (κ2) is 9.32. The third-order valence-electron chi connectivity index (χ3n) is 5.04. The Labute approximate surface area is 197 Å². The number of alkyl halides is 3. The van der Waals surface area contributed by atoms with Gasteiger partial charge in [-0.25, -0.2) is 4.79 Å². The summed E-state index contributed by atoms with van der Waals surface area (Å²) in [5.74, 6) is 0.687. The maximum Gasteiger partial charge on any atom is 0.508 e. The van der Waals surface area contributed by atoms with Gasteiger partial charge in [0.25, 0.3) is 5.66 Å². The van der Waals surface area contributed by atoms with E-state index in [1.165, 1.54) is 13.2 Å². The zero-order chi connectivity index (χ0) is 23.6. The minimum Gasteiger partial charge on any atom is -0.472 e. The monoisotopic (exact) mass is 524 g/mol. The van der Waals surface area contributed by atoms with Gasteiger partial charge in [-0.3, -0.25) is 0 Å². The van der Waals surface area contributed by atoms with Crippen LogP contribution < -0.4 is 0 Å². The van der Waals surface area contributed by atoms with Gasteiger partial charge in [-0.15, -0.1) is 0 Å². The van der Waals surface area contributed by atoms with Crippen LogP contribution in [0.1, 0.15) is 25.0 Å². The maximum atomic E-state index is 14.4. The van der Waals surface area contributed by atoms with E-state index in [-0.39, 0.29) is 11.7 Å². The van der Waals surface area contributed by atoms with E-state index in [1.807, 2.05) is 60.7 Å². The number of carbonyl (C=O) groups excluding carboxylic acids is 1. The van der Waals surface area contributed by atoms with E-state index >= 15 is 0 Å². The maximum absolute atomic E-state index is 14.4. The Morgan fingerprint density at radius 1 is 1.03 bits per heavy atom. The standard InChI is InChI=1S/C19H14BrF2OP.C5H10O3/c20-17(13-7-3-1-4-8-13)15(19(21,22)24)11-12-16-18(17,23-16)14-9-5-2-6-10-14;1-4(2)8-5(6)7-3/h1-12H,24H2;4H,1-3H3. The van der Waals surface area contributed by atoms with Crippen LogP contribution in [-0.2, 0) is 24.1 Å². The van der Waals surface area contributed by atoms with Crippen LogP contribution in [0.15, 0.2) is 84.1 Å². The summed E-state index contributed by atoms with van der Waals surface area (Å²) in [6.45, 7) is 3.52. The Hall–Kier alpha value is -2.24. The van der Waals surface area contributed by atoms with Crippen LogP contribution in [0.2, 0.25) is 0 Å². The molecule has 0 saturated carbocycles. The van der Waals surface area contributed by atoms with Crippen molar-refractivity contribution < 1.29 is 27.8 Å². The molecule has 3 unspecified atom stereocenters. The number of carbonyl (C=O) groups is 1. The summed E-state index contributed by atoms with van der Waals surface area (Å²) in [6.07, 6.45) is 2.38. The molecule has 32 heavy (non-hydrogen) atoms. The molecule has 1 aliphatic heterocycles. The zero-order valence-electron chi connectivity index (χ0n) is 17.8. The Kier molecular flexibility index (Phi) is 7.11. The molecule has 8 heteroatoms. The SMILES string of the molecule is COC(=O)OC(C)C.FC(F)(P)C1=CC=C2OC2(c2ccccc2)C1(Br)c1ccccc1. The fourth-order valence-corrected chi connectivity index (χ4v) is 5.37. The quantitative estimate of drug-likeness (QED) is 0.194. The van der Waals surface area contributed by atoms with Crippen molar-refractivity contribution in [1.82, 2.24) is 0 Å². The van der Waals surface area contributed by atoms with Crippen molar-refractivity contribution in [3.05, 3.63) is 95.3 Å². The van der Waals surface area contributed by atoms with Crippen LogP contribution in [0, 0.1) is 0 Å². The van der Waals surface area contributed by atoms with E-state index in [0.717, 1.165) is 11.1 Å². The summed E-state index contributed by atoms with van der Waals surface area (Å²) < 4.78 is 42.4. The van der Waals surface area contributed by atoms with E-state index in [0.29, 0.717) is 5.76 Å². The summed E-state index contributed by atoms with van der Waals surface area (Å²) >= 11 is 3.68. The topological polar surface area (TPSA) is 48.1 Å². The third kappa shape index (κ3) is 4.46. The number of methoxy groups -OCH3 is 1. The van der Waals surface area contributed by atoms with Gasteiger partial charge in [-0.2, -0.15) is 8.78 Å². The highest BCUT2D eigenvalue weighted by Gasteiger charge is 2.72. The normalized spacial score (nSPS) is 23.5. The number of hydrogen-bond donors (Lipinski definition) is 0. The molecule has 0 N–H and O–H groups in total. The van der Waals surface area contributed by atoms with Crippen LogP contribution in [-0.4, -0.2) is 25.0 Å². The van der Waals surface area contributed by atoms with Crippen molar-refractivity contribution in [2.75, 3.05) is 7.11 Å². The number of rotatable bonds is 4. The van der Waals surface area contributed by atoms with Gasteiger partial charge in [0.2, 0.25) is 5.60 Å². The number of epoxide rings is 1. The molecule has 3 atom stereocenters. The van der Waals surface area contributed by atoms with Gasteiger partial charge in [0.1, 0.15) is 10.1 Å². The zero-order valence-corrected chi connectivity index (χ0v) is 20.6. The Morgan fingerprint density at radius 3 is 2.00 bits per heavy atom. The molecule has 0 bridgehead atoms. The molecule has 0 amide bonds. The smallest absolute Gasteiger partial charge is 0.472 e. The molecule has 1 heterocycles. The largest absolute Gasteiger partial charge is 0.508 e. The van der Waals surface area contributed by atoms with Gasteiger partial charge < -0.3 is 14.2 Å². The fourth-order valence-electron chi connectivity index (χ4n) is 3.68. The molecule has 0 spiro atoms. The van der Waals surface area contributed by atoms with E-state index in [1.54, 1.807) is 29.2 Å². The third-order valence-corrected chi connectivity index (χ3v) is 6.79. The lowest BCUT2D eigenvalue weighted by molar-refractivity contribution is 0.0496. The molecule has 2 aliphatic rings. The van der Waals surface area contributed by atoms with Crippen LogP contribution in [0.4, 0.5) is 13.6 Å². The molecule has 4 nitrogen and oxygen atoms in total. The van der Waals surface area contributed by atoms with Crippen LogP contribution in [0.25, 0.3) is 0 Å². The Balaban J connectivity index is 0.000000312. The van der Waals surface area contributed by atoms with Gasteiger partial charge in [0.05, 0.1) is 13.2 Å². The molecule has 4 rings (SSSR count). The number of benzene rings is 2. The van der Waals surface area contributed by atoms with E-state index < -0.39 is 21.7 Å². The summed E-state index contributed by atoms with van der Waals surface area (Å²) in [6, 6.07) is 18.7. The van der Waals surface area contributed by atoms with Crippen LogP contribution in [0.3, 0.4) is 0 Å². The number of allylic oxidation sites excluding steroid dienone is 2. The van der Waals surface area contributed by atoms with Crippen molar-refractivity contribution in [2.24, 2.45) is 0 Å². The van der Waals surface area contributed by atoms with Crippen molar-refractivity contribution in [3.63, 3.8) is 0 Å². The predicted octanol–water partition coefficient (Wildman–Crippen LogP) is 6.67. The molecule has 1 saturated heterocycles. The molecule has 2 aromatic rings. The fraction of sp³-hybridized carbons (Fsp3) is 0.292. The van der Waals surface area contributed by atoms with Gasteiger partial charge >= 0.3 is 6.16 Å². The lowest BCUT2D eigenvalue weighted by Crippen LogP contribution is -2.42. The first-order valence-electron chi connectivity index (χ1n) is 9.91. The highest BCUT2D eigenvalue weighted by Crippen LogP contribution is 2.71. The Morgan fingerprint density at radius 2 is 1.56 bits per heavy atom. The first-order valence-corrected chi connectivity index (χ1v) is 11.3. The van der Waals surface area contributed by atoms with Crippen molar-refractivity contribution >= 4 is 31.3 Å². The molecule has 2 aromatic carbocycles. The first kappa shape index (κ1) is 24.4. The van der Waals surface area contributed by atoms with Gasteiger partial charge in [0.15, 0.2) is 0 Å². The lowest BCUT2D eigenvalue weighted by Gasteiger charge is -2.38. The second-order valence-corrected chi connectivity index (χ2v) is 9.44. The average Bonchev–Trinajstić information content (AvgIpc) is 3.51. The number of halogens is 3. The molecule has 0 aromatic heterocycles. The minimum absolute atomic E-state index is 0.0451. The van der Waals surface area contributed by atoms with Crippen molar-refractivity contribution in [1.29, 1.82) is 0 Å². The van der Waals surface area contributed by atoms with Gasteiger partial charge in [-0.05, 0) is 25.5 Å². The lowest BCUT2D eigenvalue weighted by atomic mass is 9.73. The van der Waals surface area contributed by atoms with E-state index in [9.17, 15) is 13.6 Å². The summed E-state index contributed by atoms with van der Waals surface area (Å²) in [4.78, 5) is 10.2. The van der Waals surface area contributed by atoms with Gasteiger partial charge in [0, 0.05) is 11.1 Å². The number of hydrogen-bond acceptors (Lipinski definition) is 4. The molecule has 1 fully saturated rings. The van der Waals surface area contributed by atoms with E-state index in [4.69, 9.17) is 4.74 Å². The average molecular weight is 525 g/mol. The second-order valence-electron chi connectivity index (χ2n) is 7.53. The number of fused-ring (bicyclic) bond motifs is 1. The molecule has 1 aliphatic carbocycles. The minimum atomic E-state index is -3.07. The van der Waals surface area contributed by atoms with Gasteiger partial charge in [-0.1, -0.05) is 91.9 Å². The highest BCUT2D eigenvalue weighted by molar-refractivity contribution is 9.09. The number of ether oxygens (including phenoxy) is 3. The molecule has 170 valence electrons. The predicted molar refractivity (Wildman–Crippen MR) is 126 cm³/mol. The molecular weight excluding hydrogens is 501 g/mol. The summed E-state index contributed by atoms with van der Waals surface area (Å²) in [7, 11) is 2.93. The highest BCUT2D eigenvalue weighted by atomic mass is 79.9. The summed E-state index contributed by atoms with van der Waals surface area (Å²) in [5, 5.41) is 0. The van der Waals surface area contributed by atoms with E-state index in [2.05, 4.69) is 25.4 Å². The van der Waals surface area contributed by atoms with Crippen LogP contribution >= 0.6 is 25.2 Å². The molecule has 0 radical (unpaired) electrons. The van der Waals surface area contributed by atoms with Crippen molar-refractivity contribution in [2.45, 2.75) is 35.5 Å².